The second-order valence-corrected chi connectivity index (χ2v) is 12.9. The van der Waals surface area contributed by atoms with E-state index in [1.165, 1.54) is 0 Å². The highest BCUT2D eigenvalue weighted by molar-refractivity contribution is 7.92. The second-order valence-electron chi connectivity index (χ2n) is 11.2. The Kier molecular flexibility index (Phi) is 9.99. The van der Waals surface area contributed by atoms with Crippen molar-refractivity contribution >= 4 is 22.4 Å². The first-order valence-corrected chi connectivity index (χ1v) is 15.5. The van der Waals surface area contributed by atoms with Gasteiger partial charge in [0.05, 0.1) is 16.6 Å². The Morgan fingerprint density at radius 3 is 2.41 bits per heavy atom. The standard InChI is InChI=1S/C31H40N4O5S/c1-20(2)13-26(32-19-36)18-40-29-17-28(30-22(4)7-6-8-23(30)5)33-31(34-29)35-41(37,38)27-15-21(3)14-25(16-27)24-9-11-39-12-10-24/h6-8,14-17,19-20,24,26H,9-13,18H2,1-5H3,(H,32,36)(H,33,34,35)/t26-/m1/s1. The van der Waals surface area contributed by atoms with Crippen molar-refractivity contribution in [3.8, 4) is 17.1 Å². The van der Waals surface area contributed by atoms with E-state index in [4.69, 9.17) is 9.47 Å². The highest BCUT2D eigenvalue weighted by Crippen LogP contribution is 2.32. The van der Waals surface area contributed by atoms with E-state index in [0.717, 1.165) is 47.1 Å². The van der Waals surface area contributed by atoms with Crippen molar-refractivity contribution in [1.29, 1.82) is 0 Å². The van der Waals surface area contributed by atoms with Gasteiger partial charge in [0.15, 0.2) is 0 Å². The largest absolute Gasteiger partial charge is 0.475 e. The van der Waals surface area contributed by atoms with Gasteiger partial charge in [0.1, 0.15) is 6.61 Å². The molecule has 2 aromatic carbocycles. The molecule has 1 aliphatic heterocycles. The van der Waals surface area contributed by atoms with Crippen LogP contribution in [0.25, 0.3) is 11.3 Å². The van der Waals surface area contributed by atoms with Gasteiger partial charge in [-0.1, -0.05) is 38.1 Å². The smallest absolute Gasteiger partial charge is 0.264 e. The van der Waals surface area contributed by atoms with Crippen LogP contribution in [0, 0.1) is 26.7 Å². The zero-order valence-corrected chi connectivity index (χ0v) is 25.3. The molecule has 0 spiro atoms. The van der Waals surface area contributed by atoms with Crippen molar-refractivity contribution in [2.24, 2.45) is 5.92 Å². The summed E-state index contributed by atoms with van der Waals surface area (Å²) >= 11 is 0. The minimum absolute atomic E-state index is 0.0852. The van der Waals surface area contributed by atoms with E-state index in [9.17, 15) is 13.2 Å². The number of sulfonamides is 1. The van der Waals surface area contributed by atoms with Crippen molar-refractivity contribution < 1.29 is 22.7 Å². The Labute approximate surface area is 243 Å². The lowest BCUT2D eigenvalue weighted by Crippen LogP contribution is -2.35. The summed E-state index contributed by atoms with van der Waals surface area (Å²) in [5.41, 5.74) is 5.25. The number of aryl methyl sites for hydroxylation is 3. The number of amides is 1. The summed E-state index contributed by atoms with van der Waals surface area (Å²) in [5.74, 6) is 0.719. The lowest BCUT2D eigenvalue weighted by Gasteiger charge is -2.23. The monoisotopic (exact) mass is 580 g/mol. The van der Waals surface area contributed by atoms with E-state index >= 15 is 0 Å². The summed E-state index contributed by atoms with van der Waals surface area (Å²) < 4.78 is 41.4. The molecule has 1 fully saturated rings. The third kappa shape index (κ3) is 8.04. The molecule has 4 rings (SSSR count). The van der Waals surface area contributed by atoms with Crippen LogP contribution in [-0.2, 0) is 19.6 Å². The summed E-state index contributed by atoms with van der Waals surface area (Å²) in [6, 6.07) is 12.8. The number of hydrogen-bond donors (Lipinski definition) is 2. The number of carbonyl (C=O) groups is 1. The molecule has 0 saturated carbocycles. The van der Waals surface area contributed by atoms with Gasteiger partial charge in [-0.25, -0.2) is 18.1 Å². The minimum Gasteiger partial charge on any atom is -0.475 e. The molecular weight excluding hydrogens is 540 g/mol. The predicted octanol–water partition coefficient (Wildman–Crippen LogP) is 5.30. The molecular formula is C31H40N4O5S. The number of anilines is 1. The predicted molar refractivity (Wildman–Crippen MR) is 160 cm³/mol. The lowest BCUT2D eigenvalue weighted by molar-refractivity contribution is -0.110. The fourth-order valence-corrected chi connectivity index (χ4v) is 6.39. The second kappa shape index (κ2) is 13.4. The number of ether oxygens (including phenoxy) is 2. The number of hydrogen-bond acceptors (Lipinski definition) is 7. The Balaban J connectivity index is 1.69. The SMILES string of the molecule is Cc1cc(C2CCOCC2)cc(S(=O)(=O)Nc2nc(OC[C@@H](CC(C)C)NC=O)cc(-c3c(C)cccc3C)n2)c1. The Hall–Kier alpha value is -3.50. The van der Waals surface area contributed by atoms with Gasteiger partial charge in [0.25, 0.3) is 10.0 Å². The van der Waals surface area contributed by atoms with Crippen molar-refractivity contribution in [2.75, 3.05) is 24.5 Å². The maximum Gasteiger partial charge on any atom is 0.264 e. The van der Waals surface area contributed by atoms with Crippen molar-refractivity contribution in [3.05, 3.63) is 64.7 Å². The number of benzene rings is 2. The first-order valence-electron chi connectivity index (χ1n) is 14.1. The third-order valence-corrected chi connectivity index (χ3v) is 8.54. The average molecular weight is 581 g/mol. The molecule has 1 atom stereocenters. The molecule has 3 aromatic rings. The molecule has 0 radical (unpaired) electrons. The first kappa shape index (κ1) is 30.5. The van der Waals surface area contributed by atoms with Crippen molar-refractivity contribution in [3.63, 3.8) is 0 Å². The summed E-state index contributed by atoms with van der Waals surface area (Å²) in [6.45, 7) is 11.5. The van der Waals surface area contributed by atoms with Crippen LogP contribution in [0.2, 0.25) is 0 Å². The van der Waals surface area contributed by atoms with Gasteiger partial charge < -0.3 is 14.8 Å². The highest BCUT2D eigenvalue weighted by atomic mass is 32.2. The van der Waals surface area contributed by atoms with E-state index in [2.05, 4.69) is 33.9 Å². The zero-order chi connectivity index (χ0) is 29.6. The van der Waals surface area contributed by atoms with E-state index in [1.807, 2.05) is 45.0 Å². The van der Waals surface area contributed by atoms with E-state index in [-0.39, 0.29) is 35.3 Å². The summed E-state index contributed by atoms with van der Waals surface area (Å²) in [4.78, 5) is 20.3. The van der Waals surface area contributed by atoms with Gasteiger partial charge in [-0.05, 0) is 86.3 Å². The van der Waals surface area contributed by atoms with Gasteiger partial charge in [0.2, 0.25) is 18.2 Å². The van der Waals surface area contributed by atoms with Gasteiger partial charge >= 0.3 is 0 Å². The number of aromatic nitrogens is 2. The molecule has 41 heavy (non-hydrogen) atoms. The van der Waals surface area contributed by atoms with Crippen LogP contribution in [0.15, 0.2) is 47.4 Å². The van der Waals surface area contributed by atoms with Gasteiger partial charge in [-0.3, -0.25) is 4.79 Å². The number of nitrogens with zero attached hydrogens (tertiary/aromatic N) is 2. The highest BCUT2D eigenvalue weighted by Gasteiger charge is 2.23. The lowest BCUT2D eigenvalue weighted by atomic mass is 9.91. The molecule has 1 amide bonds. The Morgan fingerprint density at radius 2 is 1.76 bits per heavy atom. The van der Waals surface area contributed by atoms with Crippen molar-refractivity contribution in [1.82, 2.24) is 15.3 Å². The average Bonchev–Trinajstić information content (AvgIpc) is 2.91. The minimum atomic E-state index is -4.01. The number of nitrogens with one attached hydrogen (secondary N) is 2. The molecule has 2 heterocycles. The fraction of sp³-hybridized carbons (Fsp3) is 0.452. The molecule has 10 heteroatoms. The Morgan fingerprint density at radius 1 is 1.05 bits per heavy atom. The first-order chi connectivity index (χ1) is 19.6. The number of rotatable bonds is 12. The summed E-state index contributed by atoms with van der Waals surface area (Å²) in [7, 11) is -4.01. The van der Waals surface area contributed by atoms with Crippen LogP contribution in [0.1, 0.15) is 61.3 Å². The van der Waals surface area contributed by atoms with E-state index < -0.39 is 10.0 Å². The van der Waals surface area contributed by atoms with Crippen LogP contribution in [0.4, 0.5) is 5.95 Å². The number of carbonyl (C=O) groups excluding carboxylic acids is 1. The normalized spacial score (nSPS) is 15.0. The van der Waals surface area contributed by atoms with Crippen molar-refractivity contribution in [2.45, 2.75) is 70.7 Å². The quantitative estimate of drug-likeness (QED) is 0.279. The van der Waals surface area contributed by atoms with Crippen LogP contribution in [-0.4, -0.2) is 50.7 Å². The molecule has 2 N–H and O–H groups in total. The molecule has 1 aliphatic rings. The molecule has 0 bridgehead atoms. The van der Waals surface area contributed by atoms with Gasteiger partial charge in [-0.15, -0.1) is 0 Å². The zero-order valence-electron chi connectivity index (χ0n) is 24.4. The van der Waals surface area contributed by atoms with Crippen LogP contribution in [0.3, 0.4) is 0 Å². The van der Waals surface area contributed by atoms with Gasteiger partial charge in [-0.2, -0.15) is 4.98 Å². The topological polar surface area (TPSA) is 120 Å². The van der Waals surface area contributed by atoms with Crippen LogP contribution in [0.5, 0.6) is 5.88 Å². The fourth-order valence-electron chi connectivity index (χ4n) is 5.30. The molecule has 0 aliphatic carbocycles. The van der Waals surface area contributed by atoms with Crippen LogP contribution < -0.4 is 14.8 Å². The van der Waals surface area contributed by atoms with Crippen LogP contribution >= 0.6 is 0 Å². The molecule has 9 nitrogen and oxygen atoms in total. The summed E-state index contributed by atoms with van der Waals surface area (Å²) in [6.07, 6.45) is 3.09. The molecule has 0 unspecified atom stereocenters. The molecule has 1 aromatic heterocycles. The van der Waals surface area contributed by atoms with Gasteiger partial charge in [0, 0.05) is 24.8 Å². The summed E-state index contributed by atoms with van der Waals surface area (Å²) in [5, 5.41) is 2.79. The molecule has 1 saturated heterocycles. The van der Waals surface area contributed by atoms with E-state index in [1.54, 1.807) is 18.2 Å². The third-order valence-electron chi connectivity index (χ3n) is 7.23. The van der Waals surface area contributed by atoms with E-state index in [0.29, 0.717) is 31.2 Å². The maximum absolute atomic E-state index is 13.6. The Bertz CT molecular complexity index is 1450. The maximum atomic E-state index is 13.6. The molecule has 220 valence electrons.